The lowest BCUT2D eigenvalue weighted by molar-refractivity contribution is -0.115. The van der Waals surface area contributed by atoms with Crippen LogP contribution in [0.4, 0.5) is 11.4 Å². The molecular weight excluding hydrogens is 278 g/mol. The maximum atomic E-state index is 11.9. The van der Waals surface area contributed by atoms with Gasteiger partial charge in [0.15, 0.2) is 0 Å². The number of benzene rings is 2. The van der Waals surface area contributed by atoms with Crippen LogP contribution in [0, 0.1) is 0 Å². The van der Waals surface area contributed by atoms with Crippen molar-refractivity contribution in [1.29, 1.82) is 0 Å². The third-order valence-electron chi connectivity index (χ3n) is 3.23. The number of hydrogen-bond acceptors (Lipinski definition) is 3. The van der Waals surface area contributed by atoms with E-state index in [1.165, 1.54) is 5.56 Å². The van der Waals surface area contributed by atoms with E-state index in [2.05, 4.69) is 17.6 Å². The largest absolute Gasteiger partial charge is 0.399 e. The summed E-state index contributed by atoms with van der Waals surface area (Å²) in [5.74, 6) is -0.579. The molecule has 4 N–H and O–H groups in total. The van der Waals surface area contributed by atoms with Gasteiger partial charge in [-0.15, -0.1) is 0 Å². The SMILES string of the molecule is CCc1ccc(NC(=O)CNC(=O)c2ccc(N)cc2)cc1. The van der Waals surface area contributed by atoms with Crippen molar-refractivity contribution in [3.8, 4) is 0 Å². The summed E-state index contributed by atoms with van der Waals surface area (Å²) >= 11 is 0. The Morgan fingerprint density at radius 3 is 2.23 bits per heavy atom. The Bertz CT molecular complexity index is 649. The lowest BCUT2D eigenvalue weighted by Gasteiger charge is -2.08. The molecule has 2 rings (SSSR count). The van der Waals surface area contributed by atoms with Crippen molar-refractivity contribution in [3.63, 3.8) is 0 Å². The third-order valence-corrected chi connectivity index (χ3v) is 3.23. The Hall–Kier alpha value is -2.82. The highest BCUT2D eigenvalue weighted by Gasteiger charge is 2.08. The molecule has 0 aliphatic rings. The van der Waals surface area contributed by atoms with Crippen LogP contribution in [0.1, 0.15) is 22.8 Å². The number of carbonyl (C=O) groups is 2. The monoisotopic (exact) mass is 297 g/mol. The first kappa shape index (κ1) is 15.6. The highest BCUT2D eigenvalue weighted by Crippen LogP contribution is 2.09. The van der Waals surface area contributed by atoms with E-state index in [9.17, 15) is 9.59 Å². The van der Waals surface area contributed by atoms with Crippen molar-refractivity contribution in [1.82, 2.24) is 5.32 Å². The van der Waals surface area contributed by atoms with E-state index in [4.69, 9.17) is 5.73 Å². The zero-order chi connectivity index (χ0) is 15.9. The first-order chi connectivity index (χ1) is 10.6. The van der Waals surface area contributed by atoms with Crippen LogP contribution >= 0.6 is 0 Å². The van der Waals surface area contributed by atoms with E-state index in [-0.39, 0.29) is 18.4 Å². The van der Waals surface area contributed by atoms with Crippen molar-refractivity contribution < 1.29 is 9.59 Å². The Morgan fingerprint density at radius 2 is 1.64 bits per heavy atom. The van der Waals surface area contributed by atoms with Gasteiger partial charge in [0.1, 0.15) is 0 Å². The molecule has 0 radical (unpaired) electrons. The molecule has 5 heteroatoms. The molecule has 2 aromatic carbocycles. The van der Waals surface area contributed by atoms with Crippen molar-refractivity contribution in [2.75, 3.05) is 17.6 Å². The number of aryl methyl sites for hydroxylation is 1. The summed E-state index contributed by atoms with van der Waals surface area (Å²) in [6.07, 6.45) is 0.950. The van der Waals surface area contributed by atoms with Crippen molar-refractivity contribution in [2.45, 2.75) is 13.3 Å². The van der Waals surface area contributed by atoms with Crippen LogP contribution in [0.2, 0.25) is 0 Å². The molecule has 0 atom stereocenters. The fourth-order valence-electron chi connectivity index (χ4n) is 1.93. The molecule has 0 aromatic heterocycles. The van der Waals surface area contributed by atoms with Crippen LogP contribution in [0.5, 0.6) is 0 Å². The van der Waals surface area contributed by atoms with E-state index in [0.29, 0.717) is 16.9 Å². The quantitative estimate of drug-likeness (QED) is 0.740. The summed E-state index contributed by atoms with van der Waals surface area (Å²) in [7, 11) is 0. The fourth-order valence-corrected chi connectivity index (χ4v) is 1.93. The number of amides is 2. The summed E-state index contributed by atoms with van der Waals surface area (Å²) in [6, 6.07) is 14.1. The topological polar surface area (TPSA) is 84.2 Å². The molecule has 0 aliphatic carbocycles. The molecule has 2 amide bonds. The summed E-state index contributed by atoms with van der Waals surface area (Å²) in [4.78, 5) is 23.7. The first-order valence-electron chi connectivity index (χ1n) is 7.11. The second-order valence-electron chi connectivity index (χ2n) is 4.90. The fraction of sp³-hybridized carbons (Fsp3) is 0.176. The number of carbonyl (C=O) groups excluding carboxylic acids is 2. The molecule has 22 heavy (non-hydrogen) atoms. The molecule has 5 nitrogen and oxygen atoms in total. The molecule has 114 valence electrons. The standard InChI is InChI=1S/C17H19N3O2/c1-2-12-3-9-15(10-4-12)20-16(21)11-19-17(22)13-5-7-14(18)8-6-13/h3-10H,2,11,18H2,1H3,(H,19,22)(H,20,21). The van der Waals surface area contributed by atoms with Gasteiger partial charge in [0.05, 0.1) is 6.54 Å². The molecule has 0 aliphatic heterocycles. The van der Waals surface area contributed by atoms with Gasteiger partial charge < -0.3 is 16.4 Å². The molecule has 2 aromatic rings. The maximum Gasteiger partial charge on any atom is 0.251 e. The molecule has 0 saturated heterocycles. The van der Waals surface area contributed by atoms with Gasteiger partial charge in [-0.25, -0.2) is 0 Å². The zero-order valence-electron chi connectivity index (χ0n) is 12.4. The number of nitrogen functional groups attached to an aromatic ring is 1. The number of hydrogen-bond donors (Lipinski definition) is 3. The predicted molar refractivity (Wildman–Crippen MR) is 87.6 cm³/mol. The average Bonchev–Trinajstić information content (AvgIpc) is 2.54. The molecular formula is C17H19N3O2. The Labute approximate surface area is 129 Å². The van der Waals surface area contributed by atoms with E-state index >= 15 is 0 Å². The highest BCUT2D eigenvalue weighted by atomic mass is 16.2. The Kier molecular flexibility index (Phi) is 5.14. The van der Waals surface area contributed by atoms with Crippen LogP contribution in [-0.2, 0) is 11.2 Å². The number of nitrogens with two attached hydrogens (primary N) is 1. The summed E-state index contributed by atoms with van der Waals surface area (Å²) in [6.45, 7) is 1.99. The second kappa shape index (κ2) is 7.26. The Morgan fingerprint density at radius 1 is 1.00 bits per heavy atom. The average molecular weight is 297 g/mol. The number of rotatable bonds is 5. The summed E-state index contributed by atoms with van der Waals surface area (Å²) in [5, 5.41) is 5.30. The molecule has 0 unspecified atom stereocenters. The van der Waals surface area contributed by atoms with Crippen LogP contribution in [0.15, 0.2) is 48.5 Å². The number of nitrogens with one attached hydrogen (secondary N) is 2. The van der Waals surface area contributed by atoms with Gasteiger partial charge >= 0.3 is 0 Å². The first-order valence-corrected chi connectivity index (χ1v) is 7.11. The van der Waals surface area contributed by atoms with Crippen molar-refractivity contribution in [2.24, 2.45) is 0 Å². The predicted octanol–water partition coefficient (Wildman–Crippen LogP) is 2.20. The summed E-state index contributed by atoms with van der Waals surface area (Å²) < 4.78 is 0. The van der Waals surface area contributed by atoms with Crippen LogP contribution in [-0.4, -0.2) is 18.4 Å². The minimum absolute atomic E-state index is 0.0846. The smallest absolute Gasteiger partial charge is 0.251 e. The minimum Gasteiger partial charge on any atom is -0.399 e. The third kappa shape index (κ3) is 4.34. The van der Waals surface area contributed by atoms with Crippen LogP contribution in [0.25, 0.3) is 0 Å². The lowest BCUT2D eigenvalue weighted by atomic mass is 10.1. The molecule has 0 fully saturated rings. The van der Waals surface area contributed by atoms with Gasteiger partial charge in [0.25, 0.3) is 5.91 Å². The second-order valence-corrected chi connectivity index (χ2v) is 4.90. The zero-order valence-corrected chi connectivity index (χ0v) is 12.4. The van der Waals surface area contributed by atoms with Crippen LogP contribution < -0.4 is 16.4 Å². The van der Waals surface area contributed by atoms with Gasteiger partial charge in [0, 0.05) is 16.9 Å². The van der Waals surface area contributed by atoms with Crippen molar-refractivity contribution in [3.05, 3.63) is 59.7 Å². The van der Waals surface area contributed by atoms with E-state index in [1.54, 1.807) is 24.3 Å². The van der Waals surface area contributed by atoms with Crippen LogP contribution in [0.3, 0.4) is 0 Å². The van der Waals surface area contributed by atoms with Crippen molar-refractivity contribution >= 4 is 23.2 Å². The number of anilines is 2. The minimum atomic E-state index is -0.309. The van der Waals surface area contributed by atoms with E-state index in [1.807, 2.05) is 24.3 Å². The normalized spacial score (nSPS) is 10.0. The molecule has 0 heterocycles. The lowest BCUT2D eigenvalue weighted by Crippen LogP contribution is -2.32. The van der Waals surface area contributed by atoms with Gasteiger partial charge in [-0.3, -0.25) is 9.59 Å². The maximum absolute atomic E-state index is 11.9. The van der Waals surface area contributed by atoms with Gasteiger partial charge in [0.2, 0.25) is 5.91 Å². The summed E-state index contributed by atoms with van der Waals surface area (Å²) in [5.41, 5.74) is 8.53. The highest BCUT2D eigenvalue weighted by molar-refractivity contribution is 5.99. The Balaban J connectivity index is 1.84. The van der Waals surface area contributed by atoms with E-state index in [0.717, 1.165) is 6.42 Å². The molecule has 0 saturated carbocycles. The van der Waals surface area contributed by atoms with Gasteiger partial charge in [-0.2, -0.15) is 0 Å². The van der Waals surface area contributed by atoms with E-state index < -0.39 is 0 Å². The van der Waals surface area contributed by atoms with Gasteiger partial charge in [-0.05, 0) is 48.4 Å². The molecule has 0 bridgehead atoms. The molecule has 0 spiro atoms. The van der Waals surface area contributed by atoms with Gasteiger partial charge in [-0.1, -0.05) is 19.1 Å².